The lowest BCUT2D eigenvalue weighted by Gasteiger charge is -2.31. The summed E-state index contributed by atoms with van der Waals surface area (Å²) in [5.41, 5.74) is 3.49. The third kappa shape index (κ3) is 5.31. The van der Waals surface area contributed by atoms with Gasteiger partial charge in [0.2, 0.25) is 21.8 Å². The third-order valence-electron chi connectivity index (χ3n) is 5.57. The highest BCUT2D eigenvalue weighted by Gasteiger charge is 2.33. The molecule has 0 atom stereocenters. The number of sulfonamides is 1. The zero-order valence-corrected chi connectivity index (χ0v) is 20.2. The molecule has 0 aliphatic carbocycles. The van der Waals surface area contributed by atoms with Gasteiger partial charge in [0.1, 0.15) is 0 Å². The monoisotopic (exact) mass is 477 g/mol. The molecule has 1 saturated heterocycles. The standard InChI is InChI=1S/C23H28ClN3O4S/c1-14-11-15(2)22(16(3)12-14)32(30,31)27-9-7-18(8-10-27)23(29)26-21-6-5-19(13-20(21)24)25-17(4)28/h5-6,11-13,18H,7-10H2,1-4H3,(H,25,28)(H,26,29). The highest BCUT2D eigenvalue weighted by molar-refractivity contribution is 7.89. The van der Waals surface area contributed by atoms with Crippen molar-refractivity contribution in [3.63, 3.8) is 0 Å². The molecule has 3 rings (SSSR count). The molecule has 2 aromatic rings. The molecule has 0 spiro atoms. The average Bonchev–Trinajstić information content (AvgIpc) is 2.68. The van der Waals surface area contributed by atoms with E-state index < -0.39 is 10.0 Å². The highest BCUT2D eigenvalue weighted by atomic mass is 35.5. The molecule has 1 aliphatic heterocycles. The van der Waals surface area contributed by atoms with E-state index in [9.17, 15) is 18.0 Å². The molecule has 2 aromatic carbocycles. The van der Waals surface area contributed by atoms with Crippen molar-refractivity contribution in [3.05, 3.63) is 52.0 Å². The minimum Gasteiger partial charge on any atom is -0.326 e. The van der Waals surface area contributed by atoms with Crippen LogP contribution in [0.15, 0.2) is 35.2 Å². The SMILES string of the molecule is CC(=O)Nc1ccc(NC(=O)C2CCN(S(=O)(=O)c3c(C)cc(C)cc3C)CC2)c(Cl)c1. The molecule has 1 aliphatic rings. The smallest absolute Gasteiger partial charge is 0.243 e. The fraction of sp³-hybridized carbons (Fsp3) is 0.391. The van der Waals surface area contributed by atoms with E-state index in [0.717, 1.165) is 16.7 Å². The molecule has 0 bridgehead atoms. The van der Waals surface area contributed by atoms with E-state index in [1.54, 1.807) is 18.2 Å². The predicted octanol–water partition coefficient (Wildman–Crippen LogP) is 4.26. The van der Waals surface area contributed by atoms with Gasteiger partial charge in [-0.1, -0.05) is 29.3 Å². The van der Waals surface area contributed by atoms with Gasteiger partial charge in [0.25, 0.3) is 0 Å². The number of carbonyl (C=O) groups is 2. The Hall–Kier alpha value is -2.42. The van der Waals surface area contributed by atoms with E-state index in [4.69, 9.17) is 11.6 Å². The highest BCUT2D eigenvalue weighted by Crippen LogP contribution is 2.30. The van der Waals surface area contributed by atoms with Crippen molar-refractivity contribution in [1.29, 1.82) is 0 Å². The first kappa shape index (κ1) is 24.2. The lowest BCUT2D eigenvalue weighted by atomic mass is 9.97. The van der Waals surface area contributed by atoms with E-state index in [-0.39, 0.29) is 30.8 Å². The quantitative estimate of drug-likeness (QED) is 0.672. The van der Waals surface area contributed by atoms with Crippen LogP contribution in [-0.4, -0.2) is 37.6 Å². The van der Waals surface area contributed by atoms with Gasteiger partial charge in [0.15, 0.2) is 0 Å². The number of carbonyl (C=O) groups excluding carboxylic acids is 2. The second kappa shape index (κ2) is 9.60. The molecule has 7 nitrogen and oxygen atoms in total. The molecule has 1 fully saturated rings. The van der Waals surface area contributed by atoms with Crippen LogP contribution in [0, 0.1) is 26.7 Å². The second-order valence-electron chi connectivity index (χ2n) is 8.27. The Morgan fingerprint density at radius 1 is 1.00 bits per heavy atom. The Bertz CT molecular complexity index is 1130. The largest absolute Gasteiger partial charge is 0.326 e. The summed E-state index contributed by atoms with van der Waals surface area (Å²) in [6, 6.07) is 8.61. The number of rotatable bonds is 5. The van der Waals surface area contributed by atoms with Crippen molar-refractivity contribution in [2.45, 2.75) is 45.4 Å². The van der Waals surface area contributed by atoms with Crippen molar-refractivity contribution < 1.29 is 18.0 Å². The molecule has 2 N–H and O–H groups in total. The maximum Gasteiger partial charge on any atom is 0.243 e. The number of nitrogens with one attached hydrogen (secondary N) is 2. The topological polar surface area (TPSA) is 95.6 Å². The van der Waals surface area contributed by atoms with E-state index in [0.29, 0.717) is 34.1 Å². The number of halogens is 1. The van der Waals surface area contributed by atoms with Crippen LogP contribution in [0.4, 0.5) is 11.4 Å². The Morgan fingerprint density at radius 2 is 1.59 bits per heavy atom. The first-order chi connectivity index (χ1) is 15.0. The van der Waals surface area contributed by atoms with E-state index in [1.807, 2.05) is 32.9 Å². The van der Waals surface area contributed by atoms with Crippen LogP contribution < -0.4 is 10.6 Å². The van der Waals surface area contributed by atoms with Gasteiger partial charge in [-0.05, 0) is 62.9 Å². The summed E-state index contributed by atoms with van der Waals surface area (Å²) >= 11 is 6.23. The van der Waals surface area contributed by atoms with E-state index in [1.165, 1.54) is 11.2 Å². The summed E-state index contributed by atoms with van der Waals surface area (Å²) in [7, 11) is -3.62. The van der Waals surface area contributed by atoms with Crippen LogP contribution in [0.1, 0.15) is 36.5 Å². The van der Waals surface area contributed by atoms with Gasteiger partial charge in [0.05, 0.1) is 15.6 Å². The minimum absolute atomic E-state index is 0.195. The number of piperidine rings is 1. The lowest BCUT2D eigenvalue weighted by Crippen LogP contribution is -2.41. The molecule has 32 heavy (non-hydrogen) atoms. The van der Waals surface area contributed by atoms with Crippen LogP contribution in [0.3, 0.4) is 0 Å². The Morgan fingerprint density at radius 3 is 2.12 bits per heavy atom. The number of amides is 2. The molecule has 172 valence electrons. The summed E-state index contributed by atoms with van der Waals surface area (Å²) in [5.74, 6) is -0.720. The molecule has 0 saturated carbocycles. The maximum absolute atomic E-state index is 13.2. The van der Waals surface area contributed by atoms with E-state index in [2.05, 4.69) is 10.6 Å². The minimum atomic E-state index is -3.62. The summed E-state index contributed by atoms with van der Waals surface area (Å²) in [5, 5.41) is 5.77. The van der Waals surface area contributed by atoms with Gasteiger partial charge in [-0.2, -0.15) is 4.31 Å². The lowest BCUT2D eigenvalue weighted by molar-refractivity contribution is -0.121. The molecule has 2 amide bonds. The molecule has 9 heteroatoms. The van der Waals surface area contributed by atoms with Crippen molar-refractivity contribution in [2.24, 2.45) is 5.92 Å². The molecular formula is C23H28ClN3O4S. The summed E-state index contributed by atoms with van der Waals surface area (Å²) in [6.45, 7) is 7.53. The van der Waals surface area contributed by atoms with Crippen LogP contribution in [-0.2, 0) is 19.6 Å². The van der Waals surface area contributed by atoms with Crippen LogP contribution in [0.5, 0.6) is 0 Å². The van der Waals surface area contributed by atoms with Gasteiger partial charge < -0.3 is 10.6 Å². The summed E-state index contributed by atoms with van der Waals surface area (Å²) < 4.78 is 27.9. The molecule has 0 aromatic heterocycles. The fourth-order valence-electron chi connectivity index (χ4n) is 4.19. The Labute approximate surface area is 194 Å². The number of nitrogens with zero attached hydrogens (tertiary/aromatic N) is 1. The third-order valence-corrected chi connectivity index (χ3v) is 8.09. The average molecular weight is 478 g/mol. The zero-order chi connectivity index (χ0) is 23.6. The van der Waals surface area contributed by atoms with Crippen LogP contribution in [0.25, 0.3) is 0 Å². The number of anilines is 2. The van der Waals surface area contributed by atoms with Crippen molar-refractivity contribution in [2.75, 3.05) is 23.7 Å². The molecule has 0 unspecified atom stereocenters. The molecule has 1 heterocycles. The zero-order valence-electron chi connectivity index (χ0n) is 18.7. The van der Waals surface area contributed by atoms with Crippen molar-refractivity contribution in [1.82, 2.24) is 4.31 Å². The number of aryl methyl sites for hydroxylation is 3. The number of hydrogen-bond acceptors (Lipinski definition) is 4. The van der Waals surface area contributed by atoms with Crippen molar-refractivity contribution >= 4 is 44.8 Å². The first-order valence-electron chi connectivity index (χ1n) is 10.4. The molecule has 0 radical (unpaired) electrons. The number of benzene rings is 2. The van der Waals surface area contributed by atoms with Gasteiger partial charge in [-0.15, -0.1) is 0 Å². The van der Waals surface area contributed by atoms with Gasteiger partial charge in [-0.3, -0.25) is 9.59 Å². The van der Waals surface area contributed by atoms with Crippen molar-refractivity contribution in [3.8, 4) is 0 Å². The summed E-state index contributed by atoms with van der Waals surface area (Å²) in [4.78, 5) is 24.3. The van der Waals surface area contributed by atoms with Gasteiger partial charge in [0, 0.05) is 31.6 Å². The van der Waals surface area contributed by atoms with Gasteiger partial charge >= 0.3 is 0 Å². The maximum atomic E-state index is 13.2. The Kier molecular flexibility index (Phi) is 7.27. The van der Waals surface area contributed by atoms with E-state index >= 15 is 0 Å². The van der Waals surface area contributed by atoms with Crippen LogP contribution >= 0.6 is 11.6 Å². The fourth-order valence-corrected chi connectivity index (χ4v) is 6.30. The second-order valence-corrected chi connectivity index (χ2v) is 10.6. The van der Waals surface area contributed by atoms with Gasteiger partial charge in [-0.25, -0.2) is 8.42 Å². The van der Waals surface area contributed by atoms with Crippen LogP contribution in [0.2, 0.25) is 5.02 Å². The number of hydrogen-bond donors (Lipinski definition) is 2. The summed E-state index contributed by atoms with van der Waals surface area (Å²) in [6.07, 6.45) is 0.854. The molecular weight excluding hydrogens is 450 g/mol. The normalized spacial score (nSPS) is 15.4. The predicted molar refractivity (Wildman–Crippen MR) is 127 cm³/mol. The Balaban J connectivity index is 1.66. The first-order valence-corrected chi connectivity index (χ1v) is 12.3.